The van der Waals surface area contributed by atoms with Crippen molar-refractivity contribution < 1.29 is 0 Å². The van der Waals surface area contributed by atoms with Crippen molar-refractivity contribution in [3.63, 3.8) is 0 Å². The molecule has 0 aliphatic carbocycles. The van der Waals surface area contributed by atoms with Crippen molar-refractivity contribution in [2.75, 3.05) is 6.54 Å². The third-order valence-corrected chi connectivity index (χ3v) is 4.38. The summed E-state index contributed by atoms with van der Waals surface area (Å²) in [4.78, 5) is 12.5. The molecule has 1 aromatic carbocycles. The van der Waals surface area contributed by atoms with Gasteiger partial charge in [0.15, 0.2) is 0 Å². The van der Waals surface area contributed by atoms with Gasteiger partial charge in [-0.25, -0.2) is 4.68 Å². The topological polar surface area (TPSA) is 46.9 Å². The molecule has 2 heterocycles. The summed E-state index contributed by atoms with van der Waals surface area (Å²) in [7, 11) is 0. The molecule has 4 heteroatoms. The van der Waals surface area contributed by atoms with Crippen molar-refractivity contribution in [3.8, 4) is 0 Å². The Labute approximate surface area is 125 Å². The fraction of sp³-hybridized carbons (Fsp3) is 0.529. The minimum absolute atomic E-state index is 0.0404. The number of fused-ring (bicyclic) bond motifs is 1. The smallest absolute Gasteiger partial charge is 0.274 e. The number of aryl methyl sites for hydroxylation is 2. The molecule has 1 unspecified atom stereocenters. The van der Waals surface area contributed by atoms with Crippen LogP contribution in [0.1, 0.15) is 38.3 Å². The minimum Gasteiger partial charge on any atom is -0.314 e. The lowest BCUT2D eigenvalue weighted by atomic mass is 10.0. The lowest BCUT2D eigenvalue weighted by molar-refractivity contribution is 0.357. The van der Waals surface area contributed by atoms with Gasteiger partial charge in [-0.15, -0.1) is 0 Å². The van der Waals surface area contributed by atoms with E-state index in [1.807, 2.05) is 24.3 Å². The van der Waals surface area contributed by atoms with Crippen LogP contribution in [0, 0.1) is 0 Å². The Hall–Kier alpha value is -1.68. The number of benzene rings is 1. The zero-order valence-electron chi connectivity index (χ0n) is 12.6. The highest BCUT2D eigenvalue weighted by molar-refractivity contribution is 5.83. The molecule has 1 aliphatic heterocycles. The van der Waals surface area contributed by atoms with Gasteiger partial charge < -0.3 is 5.32 Å². The molecule has 0 amide bonds. The molecule has 1 fully saturated rings. The summed E-state index contributed by atoms with van der Waals surface area (Å²) in [6.07, 6.45) is 5.60. The number of hydrogen-bond acceptors (Lipinski definition) is 3. The average Bonchev–Trinajstić information content (AvgIpc) is 2.55. The van der Waals surface area contributed by atoms with Gasteiger partial charge in [0.05, 0.1) is 11.1 Å². The molecule has 1 aliphatic rings. The van der Waals surface area contributed by atoms with Crippen LogP contribution in [0.3, 0.4) is 0 Å². The maximum Gasteiger partial charge on any atom is 0.274 e. The standard InChI is InChI=1S/C17H23N3O/c1-2-16-14-8-3-4-9-15(14)17(21)20(19-16)12-10-13-7-5-6-11-18-13/h3-4,8-9,13,18H,2,5-7,10-12H2,1H3. The molecule has 0 radical (unpaired) electrons. The number of rotatable bonds is 4. The van der Waals surface area contributed by atoms with E-state index in [0.717, 1.165) is 35.9 Å². The maximum absolute atomic E-state index is 12.5. The largest absolute Gasteiger partial charge is 0.314 e. The Bertz CT molecular complexity index is 671. The van der Waals surface area contributed by atoms with Gasteiger partial charge in [-0.2, -0.15) is 5.10 Å². The molecule has 0 spiro atoms. The zero-order chi connectivity index (χ0) is 14.7. The molecule has 1 saturated heterocycles. The molecule has 112 valence electrons. The van der Waals surface area contributed by atoms with Crippen molar-refractivity contribution in [1.82, 2.24) is 15.1 Å². The van der Waals surface area contributed by atoms with Gasteiger partial charge in [-0.1, -0.05) is 31.5 Å². The summed E-state index contributed by atoms with van der Waals surface area (Å²) in [5, 5.41) is 9.90. The first-order chi connectivity index (χ1) is 10.3. The van der Waals surface area contributed by atoms with Crippen LogP contribution in [0.4, 0.5) is 0 Å². The van der Waals surface area contributed by atoms with E-state index in [1.165, 1.54) is 19.3 Å². The minimum atomic E-state index is 0.0404. The zero-order valence-corrected chi connectivity index (χ0v) is 12.6. The summed E-state index contributed by atoms with van der Waals surface area (Å²) in [5.74, 6) is 0. The fourth-order valence-corrected chi connectivity index (χ4v) is 3.17. The van der Waals surface area contributed by atoms with Gasteiger partial charge in [-0.3, -0.25) is 4.79 Å². The predicted octanol–water partition coefficient (Wildman–Crippen LogP) is 2.49. The first-order valence-electron chi connectivity index (χ1n) is 8.01. The van der Waals surface area contributed by atoms with E-state index in [9.17, 15) is 4.79 Å². The molecule has 0 saturated carbocycles. The van der Waals surface area contributed by atoms with Crippen LogP contribution in [-0.2, 0) is 13.0 Å². The van der Waals surface area contributed by atoms with Crippen LogP contribution in [0.25, 0.3) is 10.8 Å². The Morgan fingerprint density at radius 3 is 2.81 bits per heavy atom. The van der Waals surface area contributed by atoms with Crippen LogP contribution < -0.4 is 10.9 Å². The summed E-state index contributed by atoms with van der Waals surface area (Å²) in [5.41, 5.74) is 1.06. The van der Waals surface area contributed by atoms with Crippen LogP contribution >= 0.6 is 0 Å². The quantitative estimate of drug-likeness (QED) is 0.939. The number of aromatic nitrogens is 2. The second-order valence-electron chi connectivity index (χ2n) is 5.81. The Kier molecular flexibility index (Phi) is 4.34. The van der Waals surface area contributed by atoms with Gasteiger partial charge >= 0.3 is 0 Å². The number of piperidine rings is 1. The monoisotopic (exact) mass is 285 g/mol. The normalized spacial score (nSPS) is 19.0. The first-order valence-corrected chi connectivity index (χ1v) is 8.01. The highest BCUT2D eigenvalue weighted by Gasteiger charge is 2.14. The summed E-state index contributed by atoms with van der Waals surface area (Å²) >= 11 is 0. The molecule has 1 atom stereocenters. The number of nitrogens with one attached hydrogen (secondary N) is 1. The predicted molar refractivity (Wildman–Crippen MR) is 85.6 cm³/mol. The lowest BCUT2D eigenvalue weighted by Crippen LogP contribution is -2.36. The molecule has 0 bridgehead atoms. The fourth-order valence-electron chi connectivity index (χ4n) is 3.17. The molecule has 3 rings (SSSR count). The highest BCUT2D eigenvalue weighted by atomic mass is 16.1. The Balaban J connectivity index is 1.87. The lowest BCUT2D eigenvalue weighted by Gasteiger charge is -2.23. The van der Waals surface area contributed by atoms with E-state index < -0.39 is 0 Å². The third kappa shape index (κ3) is 3.00. The maximum atomic E-state index is 12.5. The Morgan fingerprint density at radius 2 is 2.10 bits per heavy atom. The molecule has 2 aromatic rings. The molecule has 21 heavy (non-hydrogen) atoms. The molecule has 1 N–H and O–H groups in total. The van der Waals surface area contributed by atoms with Gasteiger partial charge in [-0.05, 0) is 38.3 Å². The van der Waals surface area contributed by atoms with E-state index in [0.29, 0.717) is 12.6 Å². The van der Waals surface area contributed by atoms with Gasteiger partial charge in [0.1, 0.15) is 0 Å². The second-order valence-corrected chi connectivity index (χ2v) is 5.81. The van der Waals surface area contributed by atoms with Crippen molar-refractivity contribution in [2.45, 2.75) is 51.6 Å². The second kappa shape index (κ2) is 6.39. The molecule has 1 aromatic heterocycles. The van der Waals surface area contributed by atoms with E-state index in [4.69, 9.17) is 0 Å². The van der Waals surface area contributed by atoms with Crippen molar-refractivity contribution >= 4 is 10.8 Å². The van der Waals surface area contributed by atoms with Crippen LogP contribution in [0.2, 0.25) is 0 Å². The van der Waals surface area contributed by atoms with E-state index in [-0.39, 0.29) is 5.56 Å². The molecule has 4 nitrogen and oxygen atoms in total. The van der Waals surface area contributed by atoms with Crippen molar-refractivity contribution in [1.29, 1.82) is 0 Å². The van der Waals surface area contributed by atoms with Crippen molar-refractivity contribution in [2.24, 2.45) is 0 Å². The summed E-state index contributed by atoms with van der Waals surface area (Å²) in [6.45, 7) is 3.89. The van der Waals surface area contributed by atoms with Crippen LogP contribution in [0.15, 0.2) is 29.1 Å². The van der Waals surface area contributed by atoms with Gasteiger partial charge in [0.25, 0.3) is 5.56 Å². The summed E-state index contributed by atoms with van der Waals surface area (Å²) < 4.78 is 1.66. The van der Waals surface area contributed by atoms with E-state index in [2.05, 4.69) is 17.3 Å². The van der Waals surface area contributed by atoms with E-state index >= 15 is 0 Å². The van der Waals surface area contributed by atoms with Gasteiger partial charge in [0.2, 0.25) is 0 Å². The summed E-state index contributed by atoms with van der Waals surface area (Å²) in [6, 6.07) is 8.34. The Morgan fingerprint density at radius 1 is 1.29 bits per heavy atom. The SMILES string of the molecule is CCc1nn(CCC2CCCCN2)c(=O)c2ccccc12. The average molecular weight is 285 g/mol. The van der Waals surface area contributed by atoms with Crippen LogP contribution in [0.5, 0.6) is 0 Å². The first kappa shape index (κ1) is 14.3. The van der Waals surface area contributed by atoms with Gasteiger partial charge in [0, 0.05) is 18.0 Å². The molecular weight excluding hydrogens is 262 g/mol. The third-order valence-electron chi connectivity index (χ3n) is 4.38. The van der Waals surface area contributed by atoms with E-state index in [1.54, 1.807) is 4.68 Å². The number of hydrogen-bond donors (Lipinski definition) is 1. The highest BCUT2D eigenvalue weighted by Crippen LogP contribution is 2.14. The molecular formula is C17H23N3O. The number of nitrogens with zero attached hydrogens (tertiary/aromatic N) is 2. The van der Waals surface area contributed by atoms with Crippen LogP contribution in [-0.4, -0.2) is 22.4 Å². The van der Waals surface area contributed by atoms with Crippen molar-refractivity contribution in [3.05, 3.63) is 40.3 Å².